The van der Waals surface area contributed by atoms with E-state index >= 15 is 0 Å². The molecule has 1 saturated heterocycles. The molecule has 0 aromatic heterocycles. The minimum absolute atomic E-state index is 0.0128. The Balaban J connectivity index is 1.44. The van der Waals surface area contributed by atoms with Crippen molar-refractivity contribution < 1.29 is 19.4 Å². The lowest BCUT2D eigenvalue weighted by Crippen LogP contribution is -2.47. The van der Waals surface area contributed by atoms with Crippen LogP contribution in [0.15, 0.2) is 54.6 Å². The number of aromatic hydroxyl groups is 1. The van der Waals surface area contributed by atoms with E-state index in [9.17, 15) is 14.7 Å². The number of nitrogens with zero attached hydrogens (tertiary/aromatic N) is 1. The van der Waals surface area contributed by atoms with Crippen LogP contribution in [0.3, 0.4) is 0 Å². The molecule has 0 bridgehead atoms. The molecule has 2 aromatic carbocycles. The number of benzene rings is 2. The number of piperidine rings is 1. The maximum atomic E-state index is 12.2. The Labute approximate surface area is 152 Å². The Morgan fingerprint density at radius 3 is 2.38 bits per heavy atom. The van der Waals surface area contributed by atoms with E-state index in [2.05, 4.69) is 5.32 Å². The molecule has 1 heterocycles. The number of amides is 2. The summed E-state index contributed by atoms with van der Waals surface area (Å²) >= 11 is 0. The van der Waals surface area contributed by atoms with E-state index in [1.165, 1.54) is 6.07 Å². The highest BCUT2D eigenvalue weighted by molar-refractivity contribution is 5.96. The van der Waals surface area contributed by atoms with Crippen molar-refractivity contribution >= 4 is 11.8 Å². The molecule has 2 aromatic rings. The molecule has 1 aliphatic heterocycles. The molecule has 1 fully saturated rings. The van der Waals surface area contributed by atoms with Crippen molar-refractivity contribution in [1.29, 1.82) is 0 Å². The van der Waals surface area contributed by atoms with Crippen LogP contribution in [0.5, 0.6) is 11.5 Å². The summed E-state index contributed by atoms with van der Waals surface area (Å²) in [5.74, 6) is 0.293. The first-order valence-corrected chi connectivity index (χ1v) is 8.68. The van der Waals surface area contributed by atoms with E-state index in [1.54, 1.807) is 23.1 Å². The fourth-order valence-electron chi connectivity index (χ4n) is 2.96. The molecule has 0 atom stereocenters. The molecule has 0 radical (unpaired) electrons. The summed E-state index contributed by atoms with van der Waals surface area (Å²) in [6.07, 6.45) is 1.35. The van der Waals surface area contributed by atoms with Gasteiger partial charge in [-0.2, -0.15) is 0 Å². The fraction of sp³-hybridized carbons (Fsp3) is 0.300. The van der Waals surface area contributed by atoms with Crippen molar-refractivity contribution in [2.24, 2.45) is 0 Å². The summed E-state index contributed by atoms with van der Waals surface area (Å²) in [6, 6.07) is 15.7. The first-order valence-electron chi connectivity index (χ1n) is 8.68. The number of carbonyl (C=O) groups is 2. The Kier molecular flexibility index (Phi) is 5.73. The van der Waals surface area contributed by atoms with Crippen LogP contribution in [0.25, 0.3) is 0 Å². The number of likely N-dealkylation sites (tertiary alicyclic amines) is 1. The molecule has 0 spiro atoms. The van der Waals surface area contributed by atoms with E-state index < -0.39 is 0 Å². The average molecular weight is 354 g/mol. The van der Waals surface area contributed by atoms with E-state index in [-0.39, 0.29) is 35.8 Å². The van der Waals surface area contributed by atoms with Crippen LogP contribution in [-0.4, -0.2) is 47.6 Å². The van der Waals surface area contributed by atoms with Gasteiger partial charge in [0.25, 0.3) is 11.8 Å². The normalized spacial score (nSPS) is 14.7. The topological polar surface area (TPSA) is 78.9 Å². The minimum atomic E-state index is -0.291. The number of para-hydroxylation sites is 2. The van der Waals surface area contributed by atoms with Crippen molar-refractivity contribution in [2.45, 2.75) is 18.9 Å². The summed E-state index contributed by atoms with van der Waals surface area (Å²) in [5.41, 5.74) is 0.266. The van der Waals surface area contributed by atoms with Crippen molar-refractivity contribution in [3.05, 3.63) is 60.2 Å². The zero-order chi connectivity index (χ0) is 18.4. The SMILES string of the molecule is O=C(NC1CCN(C(=O)COc2ccccc2)CC1)c1ccccc1O. The van der Waals surface area contributed by atoms with Crippen LogP contribution < -0.4 is 10.1 Å². The summed E-state index contributed by atoms with van der Waals surface area (Å²) in [7, 11) is 0. The third kappa shape index (κ3) is 4.53. The van der Waals surface area contributed by atoms with Gasteiger partial charge in [0.1, 0.15) is 11.5 Å². The van der Waals surface area contributed by atoms with Gasteiger partial charge in [-0.1, -0.05) is 30.3 Å². The van der Waals surface area contributed by atoms with Gasteiger partial charge >= 0.3 is 0 Å². The van der Waals surface area contributed by atoms with Crippen molar-refractivity contribution in [3.8, 4) is 11.5 Å². The summed E-state index contributed by atoms with van der Waals surface area (Å²) in [5, 5.41) is 12.7. The van der Waals surface area contributed by atoms with Crippen molar-refractivity contribution in [3.63, 3.8) is 0 Å². The average Bonchev–Trinajstić information content (AvgIpc) is 2.68. The lowest BCUT2D eigenvalue weighted by Gasteiger charge is -2.32. The molecule has 26 heavy (non-hydrogen) atoms. The first kappa shape index (κ1) is 17.8. The number of carbonyl (C=O) groups excluding carboxylic acids is 2. The molecule has 6 nitrogen and oxygen atoms in total. The van der Waals surface area contributed by atoms with E-state index in [4.69, 9.17) is 4.74 Å². The molecule has 136 valence electrons. The number of hydrogen-bond acceptors (Lipinski definition) is 4. The Morgan fingerprint density at radius 2 is 1.69 bits per heavy atom. The number of phenols is 1. The van der Waals surface area contributed by atoms with Crippen LogP contribution in [0.4, 0.5) is 0 Å². The molecule has 2 N–H and O–H groups in total. The second kappa shape index (κ2) is 8.38. The molecule has 2 amide bonds. The van der Waals surface area contributed by atoms with Gasteiger partial charge in [-0.25, -0.2) is 0 Å². The molecule has 0 unspecified atom stereocenters. The number of hydrogen-bond donors (Lipinski definition) is 2. The standard InChI is InChI=1S/C20H22N2O4/c23-18-9-5-4-8-17(18)20(25)21-15-10-12-22(13-11-15)19(24)14-26-16-6-2-1-3-7-16/h1-9,15,23H,10-14H2,(H,21,25). The summed E-state index contributed by atoms with van der Waals surface area (Å²) in [6.45, 7) is 1.16. The largest absolute Gasteiger partial charge is 0.507 e. The number of nitrogens with one attached hydrogen (secondary N) is 1. The third-order valence-corrected chi connectivity index (χ3v) is 4.44. The molecule has 3 rings (SSSR count). The molecular formula is C20H22N2O4. The molecule has 0 saturated carbocycles. The maximum Gasteiger partial charge on any atom is 0.260 e. The highest BCUT2D eigenvalue weighted by Gasteiger charge is 2.24. The van der Waals surface area contributed by atoms with Gasteiger partial charge in [0.15, 0.2) is 6.61 Å². The second-order valence-corrected chi connectivity index (χ2v) is 6.25. The van der Waals surface area contributed by atoms with E-state index in [1.807, 2.05) is 30.3 Å². The third-order valence-electron chi connectivity index (χ3n) is 4.44. The van der Waals surface area contributed by atoms with Crippen LogP contribution in [0, 0.1) is 0 Å². The van der Waals surface area contributed by atoms with Gasteiger partial charge < -0.3 is 20.1 Å². The quantitative estimate of drug-likeness (QED) is 0.863. The molecular weight excluding hydrogens is 332 g/mol. The van der Waals surface area contributed by atoms with Gasteiger partial charge in [-0.15, -0.1) is 0 Å². The highest BCUT2D eigenvalue weighted by atomic mass is 16.5. The lowest BCUT2D eigenvalue weighted by molar-refractivity contribution is -0.134. The monoisotopic (exact) mass is 354 g/mol. The predicted octanol–water partition coefficient (Wildman–Crippen LogP) is 2.19. The Hall–Kier alpha value is -3.02. The van der Waals surface area contributed by atoms with Gasteiger partial charge in [0, 0.05) is 19.1 Å². The zero-order valence-corrected chi connectivity index (χ0v) is 14.4. The van der Waals surface area contributed by atoms with Crippen molar-refractivity contribution in [1.82, 2.24) is 10.2 Å². The summed E-state index contributed by atoms with van der Waals surface area (Å²) < 4.78 is 5.49. The van der Waals surface area contributed by atoms with Crippen molar-refractivity contribution in [2.75, 3.05) is 19.7 Å². The summed E-state index contributed by atoms with van der Waals surface area (Å²) in [4.78, 5) is 26.2. The maximum absolute atomic E-state index is 12.2. The Morgan fingerprint density at radius 1 is 1.04 bits per heavy atom. The van der Waals surface area contributed by atoms with Crippen LogP contribution in [0.2, 0.25) is 0 Å². The number of rotatable bonds is 5. The number of ether oxygens (including phenoxy) is 1. The van der Waals surface area contributed by atoms with E-state index in [0.29, 0.717) is 31.7 Å². The second-order valence-electron chi connectivity index (χ2n) is 6.25. The Bertz CT molecular complexity index is 755. The lowest BCUT2D eigenvalue weighted by atomic mass is 10.0. The number of phenolic OH excluding ortho intramolecular Hbond substituents is 1. The van der Waals surface area contributed by atoms with Gasteiger partial charge in [0.2, 0.25) is 0 Å². The van der Waals surface area contributed by atoms with Gasteiger partial charge in [-0.3, -0.25) is 9.59 Å². The van der Waals surface area contributed by atoms with Crippen LogP contribution in [-0.2, 0) is 4.79 Å². The molecule has 6 heteroatoms. The fourth-order valence-corrected chi connectivity index (χ4v) is 2.96. The molecule has 1 aliphatic rings. The van der Waals surface area contributed by atoms with Crippen LogP contribution >= 0.6 is 0 Å². The zero-order valence-electron chi connectivity index (χ0n) is 14.4. The van der Waals surface area contributed by atoms with Gasteiger partial charge in [0.05, 0.1) is 5.56 Å². The van der Waals surface area contributed by atoms with Gasteiger partial charge in [-0.05, 0) is 37.1 Å². The van der Waals surface area contributed by atoms with Crippen LogP contribution in [0.1, 0.15) is 23.2 Å². The smallest absolute Gasteiger partial charge is 0.260 e. The molecule has 0 aliphatic carbocycles. The van der Waals surface area contributed by atoms with E-state index in [0.717, 1.165) is 0 Å². The first-order chi connectivity index (χ1) is 12.6. The highest BCUT2D eigenvalue weighted by Crippen LogP contribution is 2.17. The minimum Gasteiger partial charge on any atom is -0.507 e. The predicted molar refractivity (Wildman–Crippen MR) is 97.1 cm³/mol.